The average Bonchev–Trinajstić information content (AvgIpc) is 2.37. The molecule has 2 amide bonds. The number of rotatable bonds is 6. The van der Waals surface area contributed by atoms with Crippen molar-refractivity contribution >= 4 is 29.2 Å². The highest BCUT2D eigenvalue weighted by molar-refractivity contribution is 6.33. The molecule has 1 rings (SSSR count). The first-order valence-corrected chi connectivity index (χ1v) is 6.51. The number of nitrogens with two attached hydrogens (primary N) is 1. The molecular formula is C12H18ClN5O2. The molecule has 0 saturated carbocycles. The number of aromatic nitrogens is 1. The molecule has 110 valence electrons. The van der Waals surface area contributed by atoms with E-state index in [1.807, 2.05) is 13.8 Å². The van der Waals surface area contributed by atoms with Gasteiger partial charge >= 0.3 is 0 Å². The van der Waals surface area contributed by atoms with Crippen LogP contribution < -0.4 is 21.9 Å². The summed E-state index contributed by atoms with van der Waals surface area (Å²) >= 11 is 5.87. The summed E-state index contributed by atoms with van der Waals surface area (Å²) in [4.78, 5) is 27.1. The Morgan fingerprint density at radius 3 is 2.70 bits per heavy atom. The lowest BCUT2D eigenvalue weighted by molar-refractivity contribution is -0.121. The second-order valence-corrected chi connectivity index (χ2v) is 4.83. The monoisotopic (exact) mass is 299 g/mol. The summed E-state index contributed by atoms with van der Waals surface area (Å²) in [5, 5.41) is 5.60. The molecule has 0 unspecified atom stereocenters. The van der Waals surface area contributed by atoms with Gasteiger partial charge < -0.3 is 16.1 Å². The minimum absolute atomic E-state index is 0.0810. The summed E-state index contributed by atoms with van der Waals surface area (Å²) in [5.74, 6) is 5.02. The third kappa shape index (κ3) is 5.02. The largest absolute Gasteiger partial charge is 0.354 e. The first kappa shape index (κ1) is 16.2. The SMILES string of the molecule is CC(C)NC(=O)CCNC(=O)c1cnc(NN)c(Cl)c1. The summed E-state index contributed by atoms with van der Waals surface area (Å²) in [7, 11) is 0. The van der Waals surface area contributed by atoms with Crippen LogP contribution in [0.5, 0.6) is 0 Å². The first-order valence-electron chi connectivity index (χ1n) is 6.13. The normalized spacial score (nSPS) is 10.2. The van der Waals surface area contributed by atoms with Crippen LogP contribution in [-0.4, -0.2) is 29.4 Å². The highest BCUT2D eigenvalue weighted by atomic mass is 35.5. The van der Waals surface area contributed by atoms with Gasteiger partial charge in [0, 0.05) is 25.2 Å². The van der Waals surface area contributed by atoms with Crippen LogP contribution in [0.2, 0.25) is 5.02 Å². The van der Waals surface area contributed by atoms with E-state index in [0.29, 0.717) is 11.4 Å². The van der Waals surface area contributed by atoms with Crippen molar-refractivity contribution in [1.29, 1.82) is 0 Å². The molecule has 0 aliphatic rings. The van der Waals surface area contributed by atoms with Crippen LogP contribution in [0, 0.1) is 0 Å². The second-order valence-electron chi connectivity index (χ2n) is 4.43. The van der Waals surface area contributed by atoms with Gasteiger partial charge in [-0.15, -0.1) is 0 Å². The van der Waals surface area contributed by atoms with Crippen LogP contribution in [0.25, 0.3) is 0 Å². The molecule has 0 bridgehead atoms. The predicted molar refractivity (Wildman–Crippen MR) is 77.3 cm³/mol. The van der Waals surface area contributed by atoms with Gasteiger partial charge in [-0.1, -0.05) is 11.6 Å². The number of hydrazine groups is 1. The maximum atomic E-state index is 11.8. The van der Waals surface area contributed by atoms with Crippen molar-refractivity contribution in [3.63, 3.8) is 0 Å². The van der Waals surface area contributed by atoms with Gasteiger partial charge in [0.05, 0.1) is 10.6 Å². The van der Waals surface area contributed by atoms with E-state index in [1.54, 1.807) is 0 Å². The number of hydrogen-bond donors (Lipinski definition) is 4. The lowest BCUT2D eigenvalue weighted by Crippen LogP contribution is -2.34. The zero-order chi connectivity index (χ0) is 15.1. The van der Waals surface area contributed by atoms with Crippen molar-refractivity contribution in [2.24, 2.45) is 5.84 Å². The van der Waals surface area contributed by atoms with Crippen LogP contribution in [0.1, 0.15) is 30.6 Å². The van der Waals surface area contributed by atoms with Gasteiger partial charge in [0.25, 0.3) is 5.91 Å². The minimum atomic E-state index is -0.347. The standard InChI is InChI=1S/C12H18ClN5O2/c1-7(2)17-10(19)3-4-15-12(20)8-5-9(13)11(18-14)16-6-8/h5-7H,3-4,14H2,1-2H3,(H,15,20)(H,16,18)(H,17,19). The number of carbonyl (C=O) groups excluding carboxylic acids is 2. The van der Waals surface area contributed by atoms with Gasteiger partial charge in [-0.3, -0.25) is 9.59 Å². The van der Waals surface area contributed by atoms with E-state index in [0.717, 1.165) is 0 Å². The van der Waals surface area contributed by atoms with Crippen molar-refractivity contribution in [2.45, 2.75) is 26.3 Å². The number of nitrogens with one attached hydrogen (secondary N) is 3. The van der Waals surface area contributed by atoms with E-state index in [2.05, 4.69) is 21.0 Å². The van der Waals surface area contributed by atoms with E-state index in [4.69, 9.17) is 17.4 Å². The quantitative estimate of drug-likeness (QED) is 0.456. The summed E-state index contributed by atoms with van der Waals surface area (Å²) in [6, 6.07) is 1.53. The third-order valence-electron chi connectivity index (χ3n) is 2.33. The van der Waals surface area contributed by atoms with Crippen molar-refractivity contribution in [1.82, 2.24) is 15.6 Å². The fourth-order valence-electron chi connectivity index (χ4n) is 1.45. The van der Waals surface area contributed by atoms with Crippen molar-refractivity contribution in [3.05, 3.63) is 22.8 Å². The van der Waals surface area contributed by atoms with Gasteiger partial charge in [-0.25, -0.2) is 10.8 Å². The topological polar surface area (TPSA) is 109 Å². The fourth-order valence-corrected chi connectivity index (χ4v) is 1.67. The van der Waals surface area contributed by atoms with E-state index in [1.165, 1.54) is 12.3 Å². The van der Waals surface area contributed by atoms with E-state index in [9.17, 15) is 9.59 Å². The van der Waals surface area contributed by atoms with Gasteiger partial charge in [0.2, 0.25) is 5.91 Å². The van der Waals surface area contributed by atoms with Gasteiger partial charge in [-0.05, 0) is 19.9 Å². The average molecular weight is 300 g/mol. The molecule has 0 aliphatic heterocycles. The Bertz CT molecular complexity index is 493. The maximum Gasteiger partial charge on any atom is 0.252 e. The molecule has 0 radical (unpaired) electrons. The second kappa shape index (κ2) is 7.66. The number of amides is 2. The van der Waals surface area contributed by atoms with Crippen LogP contribution >= 0.6 is 11.6 Å². The Morgan fingerprint density at radius 1 is 1.45 bits per heavy atom. The fraction of sp³-hybridized carbons (Fsp3) is 0.417. The number of nitrogens with zero attached hydrogens (tertiary/aromatic N) is 1. The zero-order valence-electron chi connectivity index (χ0n) is 11.4. The number of nitrogen functional groups attached to an aromatic ring is 1. The molecule has 0 saturated heterocycles. The van der Waals surface area contributed by atoms with Crippen LogP contribution in [-0.2, 0) is 4.79 Å². The lowest BCUT2D eigenvalue weighted by Gasteiger charge is -2.09. The number of anilines is 1. The summed E-state index contributed by atoms with van der Waals surface area (Å²) < 4.78 is 0. The highest BCUT2D eigenvalue weighted by Gasteiger charge is 2.10. The van der Waals surface area contributed by atoms with Gasteiger partial charge in [0.1, 0.15) is 0 Å². The number of pyridine rings is 1. The Morgan fingerprint density at radius 2 is 2.15 bits per heavy atom. The Kier molecular flexibility index (Phi) is 6.20. The Labute approximate surface area is 122 Å². The van der Waals surface area contributed by atoms with Gasteiger partial charge in [0.15, 0.2) is 5.82 Å². The lowest BCUT2D eigenvalue weighted by atomic mass is 10.2. The van der Waals surface area contributed by atoms with E-state index in [-0.39, 0.29) is 35.8 Å². The smallest absolute Gasteiger partial charge is 0.252 e. The van der Waals surface area contributed by atoms with Crippen LogP contribution in [0.4, 0.5) is 5.82 Å². The van der Waals surface area contributed by atoms with Crippen molar-refractivity contribution < 1.29 is 9.59 Å². The molecule has 1 aromatic rings. The zero-order valence-corrected chi connectivity index (χ0v) is 12.1. The Balaban J connectivity index is 2.47. The molecule has 0 aromatic carbocycles. The summed E-state index contributed by atoms with van der Waals surface area (Å²) in [5.41, 5.74) is 2.61. The molecule has 0 aliphatic carbocycles. The molecule has 5 N–H and O–H groups in total. The first-order chi connectivity index (χ1) is 9.43. The molecule has 0 fully saturated rings. The molecule has 7 nitrogen and oxygen atoms in total. The molecule has 0 spiro atoms. The van der Waals surface area contributed by atoms with Crippen LogP contribution in [0.15, 0.2) is 12.3 Å². The molecular weight excluding hydrogens is 282 g/mol. The Hall–Kier alpha value is -1.86. The number of hydrogen-bond acceptors (Lipinski definition) is 5. The van der Waals surface area contributed by atoms with Crippen molar-refractivity contribution in [2.75, 3.05) is 12.0 Å². The number of carbonyl (C=O) groups is 2. The summed E-state index contributed by atoms with van der Waals surface area (Å²) in [6.45, 7) is 3.99. The van der Waals surface area contributed by atoms with E-state index >= 15 is 0 Å². The molecule has 20 heavy (non-hydrogen) atoms. The van der Waals surface area contributed by atoms with E-state index < -0.39 is 0 Å². The van der Waals surface area contributed by atoms with Gasteiger partial charge in [-0.2, -0.15) is 0 Å². The molecule has 1 heterocycles. The maximum absolute atomic E-state index is 11.8. The number of halogens is 1. The minimum Gasteiger partial charge on any atom is -0.354 e. The third-order valence-corrected chi connectivity index (χ3v) is 2.62. The molecule has 1 aromatic heterocycles. The van der Waals surface area contributed by atoms with Crippen LogP contribution in [0.3, 0.4) is 0 Å². The molecule has 0 atom stereocenters. The predicted octanol–water partition coefficient (Wildman–Crippen LogP) is 0.665. The van der Waals surface area contributed by atoms with Crippen molar-refractivity contribution in [3.8, 4) is 0 Å². The summed E-state index contributed by atoms with van der Waals surface area (Å²) in [6.07, 6.45) is 1.57. The molecule has 8 heteroatoms. The highest BCUT2D eigenvalue weighted by Crippen LogP contribution is 2.18.